The quantitative estimate of drug-likeness (QED) is 0.400. The van der Waals surface area contributed by atoms with Crippen molar-refractivity contribution < 1.29 is 22.7 Å². The zero-order valence-electron chi connectivity index (χ0n) is 22.1. The maximum Gasteiger partial charge on any atom is 0.317 e. The molecule has 2 amide bonds. The Morgan fingerprint density at radius 3 is 2.22 bits per heavy atom. The SMILES string of the molecule is CCCCN(CCOC)C(=O)NC1CCN(Cc2ccc(Oc3ccc(NS(C)(=O)=O)cc3)cc2)CC1. The molecule has 1 heterocycles. The van der Waals surface area contributed by atoms with Gasteiger partial charge in [-0.15, -0.1) is 0 Å². The van der Waals surface area contributed by atoms with E-state index in [1.165, 1.54) is 5.56 Å². The molecule has 0 saturated carbocycles. The molecule has 0 spiro atoms. The average molecular weight is 533 g/mol. The van der Waals surface area contributed by atoms with E-state index >= 15 is 0 Å². The Labute approximate surface area is 221 Å². The van der Waals surface area contributed by atoms with E-state index in [1.807, 2.05) is 17.0 Å². The topological polar surface area (TPSA) is 100 Å². The fraction of sp³-hybridized carbons (Fsp3) is 0.519. The summed E-state index contributed by atoms with van der Waals surface area (Å²) in [6.45, 7) is 6.78. The van der Waals surface area contributed by atoms with Crippen LogP contribution < -0.4 is 14.8 Å². The first-order chi connectivity index (χ1) is 17.8. The van der Waals surface area contributed by atoms with Gasteiger partial charge in [0.25, 0.3) is 0 Å². The van der Waals surface area contributed by atoms with Gasteiger partial charge in [0.15, 0.2) is 0 Å². The zero-order valence-corrected chi connectivity index (χ0v) is 22.9. The van der Waals surface area contributed by atoms with Gasteiger partial charge < -0.3 is 19.7 Å². The summed E-state index contributed by atoms with van der Waals surface area (Å²) in [6.07, 6.45) is 5.04. The molecular weight excluding hydrogens is 492 g/mol. The van der Waals surface area contributed by atoms with E-state index in [2.05, 4.69) is 34.0 Å². The smallest absolute Gasteiger partial charge is 0.317 e. The van der Waals surface area contributed by atoms with Crippen LogP contribution in [0, 0.1) is 0 Å². The van der Waals surface area contributed by atoms with Crippen LogP contribution >= 0.6 is 0 Å². The third kappa shape index (κ3) is 10.2. The molecule has 2 aromatic rings. The van der Waals surface area contributed by atoms with Gasteiger partial charge in [-0.3, -0.25) is 9.62 Å². The van der Waals surface area contributed by atoms with Gasteiger partial charge >= 0.3 is 6.03 Å². The molecule has 0 radical (unpaired) electrons. The number of hydrogen-bond donors (Lipinski definition) is 2. The van der Waals surface area contributed by atoms with Gasteiger partial charge in [0.1, 0.15) is 11.5 Å². The molecule has 1 saturated heterocycles. The summed E-state index contributed by atoms with van der Waals surface area (Å²) in [5.41, 5.74) is 1.70. The lowest BCUT2D eigenvalue weighted by molar-refractivity contribution is 0.140. The van der Waals surface area contributed by atoms with Crippen LogP contribution in [0.4, 0.5) is 10.5 Å². The molecule has 37 heavy (non-hydrogen) atoms. The van der Waals surface area contributed by atoms with Crippen molar-refractivity contribution in [3.63, 3.8) is 0 Å². The van der Waals surface area contributed by atoms with Gasteiger partial charge in [-0.1, -0.05) is 25.5 Å². The minimum atomic E-state index is -3.30. The lowest BCUT2D eigenvalue weighted by Gasteiger charge is -2.34. The highest BCUT2D eigenvalue weighted by molar-refractivity contribution is 7.92. The molecule has 0 atom stereocenters. The van der Waals surface area contributed by atoms with E-state index in [9.17, 15) is 13.2 Å². The van der Waals surface area contributed by atoms with Crippen LogP contribution in [0.2, 0.25) is 0 Å². The number of methoxy groups -OCH3 is 1. The third-order valence-corrected chi connectivity index (χ3v) is 6.88. The van der Waals surface area contributed by atoms with E-state index in [1.54, 1.807) is 31.4 Å². The van der Waals surface area contributed by atoms with Gasteiger partial charge in [-0.25, -0.2) is 13.2 Å². The minimum absolute atomic E-state index is 0.0147. The van der Waals surface area contributed by atoms with Gasteiger partial charge in [0, 0.05) is 51.6 Å². The van der Waals surface area contributed by atoms with Crippen molar-refractivity contribution in [2.24, 2.45) is 0 Å². The van der Waals surface area contributed by atoms with Gasteiger partial charge in [-0.05, 0) is 61.2 Å². The Hall–Kier alpha value is -2.82. The van der Waals surface area contributed by atoms with Crippen LogP contribution in [0.3, 0.4) is 0 Å². The van der Waals surface area contributed by atoms with Crippen molar-refractivity contribution in [2.45, 2.75) is 45.2 Å². The summed E-state index contributed by atoms with van der Waals surface area (Å²) in [5.74, 6) is 1.35. The van der Waals surface area contributed by atoms with Crippen molar-refractivity contribution in [2.75, 3.05) is 50.9 Å². The number of nitrogens with one attached hydrogen (secondary N) is 2. The van der Waals surface area contributed by atoms with Crippen LogP contribution in [0.25, 0.3) is 0 Å². The molecule has 1 aliphatic heterocycles. The summed E-state index contributed by atoms with van der Waals surface area (Å²) >= 11 is 0. The normalized spacial score (nSPS) is 14.8. The number of urea groups is 1. The van der Waals surface area contributed by atoms with Crippen molar-refractivity contribution in [3.8, 4) is 11.5 Å². The van der Waals surface area contributed by atoms with Crippen molar-refractivity contribution >= 4 is 21.7 Å². The second-order valence-corrected chi connectivity index (χ2v) is 11.2. The largest absolute Gasteiger partial charge is 0.457 e. The Morgan fingerprint density at radius 1 is 1.03 bits per heavy atom. The summed E-state index contributed by atoms with van der Waals surface area (Å²) < 4.78 is 36.1. The number of likely N-dealkylation sites (tertiary alicyclic amines) is 1. The van der Waals surface area contributed by atoms with Crippen LogP contribution in [-0.2, 0) is 21.3 Å². The molecule has 204 valence electrons. The molecule has 0 aromatic heterocycles. The van der Waals surface area contributed by atoms with Gasteiger partial charge in [0.2, 0.25) is 10.0 Å². The number of ether oxygens (including phenoxy) is 2. The number of benzene rings is 2. The number of rotatable bonds is 13. The fourth-order valence-corrected chi connectivity index (χ4v) is 4.79. The first-order valence-corrected chi connectivity index (χ1v) is 14.8. The third-order valence-electron chi connectivity index (χ3n) is 6.27. The Balaban J connectivity index is 1.43. The number of piperidine rings is 1. The lowest BCUT2D eigenvalue weighted by Crippen LogP contribution is -2.50. The van der Waals surface area contributed by atoms with E-state index in [4.69, 9.17) is 9.47 Å². The highest BCUT2D eigenvalue weighted by Crippen LogP contribution is 2.24. The number of unbranched alkanes of at least 4 members (excludes halogenated alkanes) is 1. The number of sulfonamides is 1. The Kier molecular flexibility index (Phi) is 11.0. The fourth-order valence-electron chi connectivity index (χ4n) is 4.23. The van der Waals surface area contributed by atoms with Crippen LogP contribution in [-0.4, -0.2) is 76.4 Å². The number of nitrogens with zero attached hydrogens (tertiary/aromatic N) is 2. The Morgan fingerprint density at radius 2 is 1.65 bits per heavy atom. The predicted octanol–water partition coefficient (Wildman–Crippen LogP) is 4.27. The van der Waals surface area contributed by atoms with Gasteiger partial charge in [-0.2, -0.15) is 0 Å². The number of carbonyl (C=O) groups excluding carboxylic acids is 1. The van der Waals surface area contributed by atoms with E-state index in [-0.39, 0.29) is 12.1 Å². The molecule has 1 fully saturated rings. The second kappa shape index (κ2) is 14.2. The van der Waals surface area contributed by atoms with E-state index in [0.717, 1.165) is 63.9 Å². The predicted molar refractivity (Wildman–Crippen MR) is 147 cm³/mol. The van der Waals surface area contributed by atoms with Crippen LogP contribution in [0.1, 0.15) is 38.2 Å². The number of amides is 2. The maximum atomic E-state index is 12.7. The van der Waals surface area contributed by atoms with Crippen LogP contribution in [0.5, 0.6) is 11.5 Å². The average Bonchev–Trinajstić information content (AvgIpc) is 2.87. The first kappa shape index (κ1) is 28.7. The highest BCUT2D eigenvalue weighted by Gasteiger charge is 2.23. The lowest BCUT2D eigenvalue weighted by atomic mass is 10.0. The number of carbonyl (C=O) groups is 1. The minimum Gasteiger partial charge on any atom is -0.457 e. The van der Waals surface area contributed by atoms with Crippen molar-refractivity contribution in [1.82, 2.24) is 15.1 Å². The summed E-state index contributed by atoms with van der Waals surface area (Å²) in [5, 5.41) is 3.22. The summed E-state index contributed by atoms with van der Waals surface area (Å²) in [6, 6.07) is 15.0. The van der Waals surface area contributed by atoms with E-state index in [0.29, 0.717) is 24.6 Å². The molecule has 0 bridgehead atoms. The molecule has 3 rings (SSSR count). The van der Waals surface area contributed by atoms with Crippen molar-refractivity contribution in [3.05, 3.63) is 54.1 Å². The molecule has 0 unspecified atom stereocenters. The zero-order chi connectivity index (χ0) is 26.7. The number of anilines is 1. The van der Waals surface area contributed by atoms with Gasteiger partial charge in [0.05, 0.1) is 12.9 Å². The van der Waals surface area contributed by atoms with Crippen molar-refractivity contribution in [1.29, 1.82) is 0 Å². The molecule has 1 aliphatic rings. The summed E-state index contributed by atoms with van der Waals surface area (Å²) in [4.78, 5) is 17.0. The van der Waals surface area contributed by atoms with Crippen LogP contribution in [0.15, 0.2) is 48.5 Å². The van der Waals surface area contributed by atoms with E-state index < -0.39 is 10.0 Å². The standard InChI is InChI=1S/C27H40N4O5S/c1-4-5-16-31(19-20-35-2)27(32)28-23-14-17-30(18-15-23)21-22-6-10-25(11-7-22)36-26-12-8-24(9-13-26)29-37(3,33)34/h6-13,23,29H,4-5,14-21H2,1-3H3,(H,28,32). The molecule has 9 nitrogen and oxygen atoms in total. The second-order valence-electron chi connectivity index (χ2n) is 9.48. The summed E-state index contributed by atoms with van der Waals surface area (Å²) in [7, 11) is -1.64. The molecule has 10 heteroatoms. The maximum absolute atomic E-state index is 12.7. The molecule has 2 aromatic carbocycles. The first-order valence-electron chi connectivity index (χ1n) is 12.9. The molecule has 2 N–H and O–H groups in total. The monoisotopic (exact) mass is 532 g/mol. The number of hydrogen-bond acceptors (Lipinski definition) is 6. The Bertz CT molecular complexity index is 1060. The highest BCUT2D eigenvalue weighted by atomic mass is 32.2. The molecule has 0 aliphatic carbocycles. The molecular formula is C27H40N4O5S.